The van der Waals surface area contributed by atoms with Crippen molar-refractivity contribution in [3.05, 3.63) is 42.2 Å². The van der Waals surface area contributed by atoms with Crippen molar-refractivity contribution in [2.75, 3.05) is 40.4 Å². The molecule has 4 nitrogen and oxygen atoms in total. The summed E-state index contributed by atoms with van der Waals surface area (Å²) in [4.78, 5) is 6.56. The summed E-state index contributed by atoms with van der Waals surface area (Å²) in [5.74, 6) is 0. The zero-order chi connectivity index (χ0) is 14.2. The predicted molar refractivity (Wildman–Crippen MR) is 82.8 cm³/mol. The molecule has 0 bridgehead atoms. The second kappa shape index (κ2) is 7.94. The Morgan fingerprint density at radius 3 is 2.90 bits per heavy atom. The minimum absolute atomic E-state index is 0.781. The summed E-state index contributed by atoms with van der Waals surface area (Å²) in [5, 5.41) is 5.96. The highest BCUT2D eigenvalue weighted by Crippen LogP contribution is 2.16. The largest absolute Gasteiger partial charge is 0.383 e. The number of nitrogens with one attached hydrogen (secondary N) is 1. The van der Waals surface area contributed by atoms with Gasteiger partial charge >= 0.3 is 0 Å². The number of pyridine rings is 1. The lowest BCUT2D eigenvalue weighted by atomic mass is 10.1. The Morgan fingerprint density at radius 1 is 1.20 bits per heavy atom. The Bertz CT molecular complexity index is 525. The second-order valence-electron chi connectivity index (χ2n) is 4.99. The van der Waals surface area contributed by atoms with Crippen LogP contribution in [0.5, 0.6) is 0 Å². The van der Waals surface area contributed by atoms with E-state index in [9.17, 15) is 0 Å². The molecule has 0 aliphatic carbocycles. The van der Waals surface area contributed by atoms with E-state index in [1.54, 1.807) is 7.11 Å². The lowest BCUT2D eigenvalue weighted by molar-refractivity contribution is 0.161. The van der Waals surface area contributed by atoms with Gasteiger partial charge in [-0.1, -0.05) is 24.3 Å². The summed E-state index contributed by atoms with van der Waals surface area (Å²) in [6, 6.07) is 8.37. The fraction of sp³-hybridized carbons (Fsp3) is 0.438. The molecule has 0 radical (unpaired) electrons. The number of fused-ring (bicyclic) bond motifs is 1. The van der Waals surface area contributed by atoms with E-state index in [2.05, 4.69) is 40.4 Å². The van der Waals surface area contributed by atoms with E-state index in [1.807, 2.05) is 18.5 Å². The third-order valence-corrected chi connectivity index (χ3v) is 3.41. The van der Waals surface area contributed by atoms with Crippen molar-refractivity contribution >= 4 is 10.8 Å². The highest BCUT2D eigenvalue weighted by Gasteiger charge is 2.01. The molecule has 1 aromatic carbocycles. The van der Waals surface area contributed by atoms with Gasteiger partial charge in [0.15, 0.2) is 0 Å². The third kappa shape index (κ3) is 4.27. The summed E-state index contributed by atoms with van der Waals surface area (Å²) in [6.07, 6.45) is 3.86. The molecule has 2 rings (SSSR count). The highest BCUT2D eigenvalue weighted by atomic mass is 16.5. The smallest absolute Gasteiger partial charge is 0.0589 e. The van der Waals surface area contributed by atoms with E-state index in [0.717, 1.165) is 32.8 Å². The average Bonchev–Trinajstić information content (AvgIpc) is 2.49. The van der Waals surface area contributed by atoms with Crippen LogP contribution in [-0.2, 0) is 11.3 Å². The second-order valence-corrected chi connectivity index (χ2v) is 4.99. The maximum Gasteiger partial charge on any atom is 0.0589 e. The number of rotatable bonds is 8. The number of methoxy groups -OCH3 is 1. The number of nitrogens with zero attached hydrogens (tertiary/aromatic N) is 2. The number of hydrogen-bond acceptors (Lipinski definition) is 4. The molecule has 108 valence electrons. The summed E-state index contributed by atoms with van der Waals surface area (Å²) >= 11 is 0. The number of aromatic nitrogens is 1. The average molecular weight is 273 g/mol. The molecule has 20 heavy (non-hydrogen) atoms. The fourth-order valence-corrected chi connectivity index (χ4v) is 2.17. The van der Waals surface area contributed by atoms with Crippen molar-refractivity contribution < 1.29 is 4.74 Å². The van der Waals surface area contributed by atoms with Crippen LogP contribution in [0.4, 0.5) is 0 Å². The van der Waals surface area contributed by atoms with Crippen LogP contribution < -0.4 is 5.32 Å². The summed E-state index contributed by atoms with van der Waals surface area (Å²) < 4.78 is 5.07. The van der Waals surface area contributed by atoms with Crippen LogP contribution >= 0.6 is 0 Å². The Balaban J connectivity index is 1.81. The molecule has 0 amide bonds. The van der Waals surface area contributed by atoms with E-state index >= 15 is 0 Å². The highest BCUT2D eigenvalue weighted by molar-refractivity contribution is 5.84. The number of hydrogen-bond donors (Lipinski definition) is 1. The SMILES string of the molecule is COCCN(C)CCNCc1cncc2ccccc12. The van der Waals surface area contributed by atoms with Gasteiger partial charge in [0.1, 0.15) is 0 Å². The van der Waals surface area contributed by atoms with Gasteiger partial charge in [-0.15, -0.1) is 0 Å². The predicted octanol–water partition coefficient (Wildman–Crippen LogP) is 1.90. The first-order chi connectivity index (χ1) is 9.81. The van der Waals surface area contributed by atoms with Crippen molar-refractivity contribution in [3.8, 4) is 0 Å². The maximum absolute atomic E-state index is 5.07. The first kappa shape index (κ1) is 14.9. The quantitative estimate of drug-likeness (QED) is 0.746. The lowest BCUT2D eigenvalue weighted by Gasteiger charge is -2.16. The molecule has 1 N–H and O–H groups in total. The van der Waals surface area contributed by atoms with Gasteiger partial charge in [-0.05, 0) is 18.0 Å². The first-order valence-corrected chi connectivity index (χ1v) is 7.01. The van der Waals surface area contributed by atoms with Crippen molar-refractivity contribution in [2.24, 2.45) is 0 Å². The summed E-state index contributed by atoms with van der Waals surface area (Å²) in [6.45, 7) is 4.58. The van der Waals surface area contributed by atoms with Crippen molar-refractivity contribution in [1.29, 1.82) is 0 Å². The van der Waals surface area contributed by atoms with Crippen LogP contribution in [-0.4, -0.2) is 50.3 Å². The Hall–Kier alpha value is -1.49. The number of ether oxygens (including phenoxy) is 1. The van der Waals surface area contributed by atoms with Crippen LogP contribution in [0.3, 0.4) is 0 Å². The van der Waals surface area contributed by atoms with Crippen molar-refractivity contribution in [3.63, 3.8) is 0 Å². The molecule has 2 aromatic rings. The van der Waals surface area contributed by atoms with Gasteiger partial charge in [0, 0.05) is 51.1 Å². The fourth-order valence-electron chi connectivity index (χ4n) is 2.17. The van der Waals surface area contributed by atoms with Crippen LogP contribution in [0.15, 0.2) is 36.7 Å². The molecule has 0 atom stereocenters. The first-order valence-electron chi connectivity index (χ1n) is 7.01. The van der Waals surface area contributed by atoms with Gasteiger partial charge in [-0.3, -0.25) is 4.98 Å². The van der Waals surface area contributed by atoms with Crippen LogP contribution in [0.1, 0.15) is 5.56 Å². The van der Waals surface area contributed by atoms with Crippen LogP contribution in [0, 0.1) is 0 Å². The lowest BCUT2D eigenvalue weighted by Crippen LogP contribution is -2.31. The van der Waals surface area contributed by atoms with Crippen molar-refractivity contribution in [1.82, 2.24) is 15.2 Å². The minimum atomic E-state index is 0.781. The van der Waals surface area contributed by atoms with Gasteiger partial charge in [-0.2, -0.15) is 0 Å². The molecule has 0 aliphatic rings. The van der Waals surface area contributed by atoms with E-state index in [4.69, 9.17) is 4.74 Å². The van der Waals surface area contributed by atoms with Crippen molar-refractivity contribution in [2.45, 2.75) is 6.54 Å². The standard InChI is InChI=1S/C16H23N3O/c1-19(9-10-20-2)8-7-17-12-15-13-18-11-14-5-3-4-6-16(14)15/h3-6,11,13,17H,7-10,12H2,1-2H3. The number of likely N-dealkylation sites (N-methyl/N-ethyl adjacent to an activating group) is 1. The number of benzene rings is 1. The molecule has 1 heterocycles. The third-order valence-electron chi connectivity index (χ3n) is 3.41. The Morgan fingerprint density at radius 2 is 2.05 bits per heavy atom. The van der Waals surface area contributed by atoms with Gasteiger partial charge in [0.05, 0.1) is 6.61 Å². The van der Waals surface area contributed by atoms with Gasteiger partial charge in [0.2, 0.25) is 0 Å². The zero-order valence-corrected chi connectivity index (χ0v) is 12.3. The molecule has 0 aliphatic heterocycles. The Labute approximate surface area is 120 Å². The molecule has 0 spiro atoms. The molecule has 0 unspecified atom stereocenters. The molecule has 0 fully saturated rings. The normalized spacial score (nSPS) is 11.3. The monoisotopic (exact) mass is 273 g/mol. The van der Waals surface area contributed by atoms with E-state index in [-0.39, 0.29) is 0 Å². The minimum Gasteiger partial charge on any atom is -0.383 e. The molecular weight excluding hydrogens is 250 g/mol. The van der Waals surface area contributed by atoms with Crippen LogP contribution in [0.25, 0.3) is 10.8 Å². The van der Waals surface area contributed by atoms with E-state index in [0.29, 0.717) is 0 Å². The molecule has 0 saturated carbocycles. The zero-order valence-electron chi connectivity index (χ0n) is 12.3. The summed E-state index contributed by atoms with van der Waals surface area (Å²) in [5.41, 5.74) is 1.25. The van der Waals surface area contributed by atoms with Gasteiger partial charge < -0.3 is 15.0 Å². The van der Waals surface area contributed by atoms with E-state index < -0.39 is 0 Å². The van der Waals surface area contributed by atoms with Gasteiger partial charge in [-0.25, -0.2) is 0 Å². The molecule has 4 heteroatoms. The maximum atomic E-state index is 5.07. The summed E-state index contributed by atoms with van der Waals surface area (Å²) in [7, 11) is 3.85. The Kier molecular flexibility index (Phi) is 5.92. The molecular formula is C16H23N3O. The van der Waals surface area contributed by atoms with Crippen LogP contribution in [0.2, 0.25) is 0 Å². The van der Waals surface area contributed by atoms with E-state index in [1.165, 1.54) is 16.3 Å². The molecule has 0 saturated heterocycles. The topological polar surface area (TPSA) is 37.4 Å². The molecule has 1 aromatic heterocycles. The van der Waals surface area contributed by atoms with Gasteiger partial charge in [0.25, 0.3) is 0 Å².